The number of rotatable bonds is 1. The van der Waals surface area contributed by atoms with Gasteiger partial charge in [0.2, 0.25) is 0 Å². The molecule has 0 aromatic heterocycles. The predicted octanol–water partition coefficient (Wildman–Crippen LogP) is 2.83. The molecule has 0 saturated carbocycles. The highest BCUT2D eigenvalue weighted by Crippen LogP contribution is 2.50. The number of nitrogens with one attached hydrogen (secondary N) is 1. The minimum atomic E-state index is -4.39. The summed E-state index contributed by atoms with van der Waals surface area (Å²) in [6.07, 6.45) is -3.03. The molecule has 2 aliphatic rings. The Hall–Kier alpha value is -1.56. The first kappa shape index (κ1) is 15.3. The smallest absolute Gasteiger partial charge is 0.326 e. The van der Waals surface area contributed by atoms with E-state index in [0.29, 0.717) is 37.9 Å². The van der Waals surface area contributed by atoms with E-state index in [1.54, 1.807) is 30.3 Å². The van der Waals surface area contributed by atoms with Crippen LogP contribution in [0.5, 0.6) is 0 Å². The second kappa shape index (κ2) is 5.57. The van der Waals surface area contributed by atoms with Crippen LogP contribution in [0.25, 0.3) is 0 Å². The van der Waals surface area contributed by atoms with Crippen LogP contribution < -0.4 is 5.32 Å². The third-order valence-corrected chi connectivity index (χ3v) is 4.93. The van der Waals surface area contributed by atoms with E-state index in [0.717, 1.165) is 4.90 Å². The Balaban J connectivity index is 1.92. The summed E-state index contributed by atoms with van der Waals surface area (Å²) in [7, 11) is 0. The number of hydrogen-bond acceptors (Lipinski definition) is 2. The predicted molar refractivity (Wildman–Crippen MR) is 76.5 cm³/mol. The number of nitrogens with zero attached hydrogens (tertiary/aromatic N) is 1. The highest BCUT2D eigenvalue weighted by Gasteiger charge is 2.60. The number of carbonyl (C=O) groups excluding carboxylic acids is 1. The monoisotopic (exact) mass is 312 g/mol. The second-order valence-electron chi connectivity index (χ2n) is 6.17. The molecule has 1 aromatic rings. The van der Waals surface area contributed by atoms with E-state index in [-0.39, 0.29) is 6.54 Å². The summed E-state index contributed by atoms with van der Waals surface area (Å²) >= 11 is 0. The number of benzene rings is 1. The van der Waals surface area contributed by atoms with Gasteiger partial charge in [-0.15, -0.1) is 0 Å². The Morgan fingerprint density at radius 3 is 2.36 bits per heavy atom. The molecule has 120 valence electrons. The number of amides is 1. The second-order valence-corrected chi connectivity index (χ2v) is 6.17. The molecule has 3 rings (SSSR count). The van der Waals surface area contributed by atoms with Gasteiger partial charge in [0, 0.05) is 17.5 Å². The lowest BCUT2D eigenvalue weighted by molar-refractivity contribution is -0.196. The van der Waals surface area contributed by atoms with Gasteiger partial charge in [-0.25, -0.2) is 0 Å². The minimum absolute atomic E-state index is 0.178. The number of piperidine rings is 1. The summed E-state index contributed by atoms with van der Waals surface area (Å²) < 4.78 is 41.1. The molecule has 1 N–H and O–H groups in total. The van der Waals surface area contributed by atoms with Crippen molar-refractivity contribution < 1.29 is 18.0 Å². The number of alkyl halides is 3. The first-order valence-corrected chi connectivity index (χ1v) is 7.57. The normalized spacial score (nSPS) is 24.7. The summed E-state index contributed by atoms with van der Waals surface area (Å²) in [6.45, 7) is 1.35. The molecule has 2 heterocycles. The van der Waals surface area contributed by atoms with Crippen molar-refractivity contribution in [2.75, 3.05) is 19.6 Å². The molecule has 1 amide bonds. The van der Waals surface area contributed by atoms with E-state index in [2.05, 4.69) is 5.32 Å². The molecule has 1 unspecified atom stereocenters. The number of likely N-dealkylation sites (tertiary alicyclic amines) is 1. The van der Waals surface area contributed by atoms with E-state index in [9.17, 15) is 18.0 Å². The molecule has 1 aromatic carbocycles. The molecule has 6 heteroatoms. The molecule has 0 bridgehead atoms. The van der Waals surface area contributed by atoms with E-state index in [4.69, 9.17) is 0 Å². The average Bonchev–Trinajstić information content (AvgIpc) is 2.87. The van der Waals surface area contributed by atoms with Crippen molar-refractivity contribution in [3.8, 4) is 0 Å². The summed E-state index contributed by atoms with van der Waals surface area (Å²) in [6, 6.07) is 6.57. The van der Waals surface area contributed by atoms with Crippen molar-refractivity contribution in [2.24, 2.45) is 5.41 Å². The maximum atomic E-state index is 13.7. The first-order valence-electron chi connectivity index (χ1n) is 7.57. The average molecular weight is 312 g/mol. The van der Waals surface area contributed by atoms with Crippen LogP contribution in [-0.4, -0.2) is 42.7 Å². The molecule has 0 radical (unpaired) electrons. The number of halogens is 3. The van der Waals surface area contributed by atoms with Gasteiger partial charge in [0.05, 0.1) is 0 Å². The third kappa shape index (κ3) is 2.60. The Morgan fingerprint density at radius 2 is 1.77 bits per heavy atom. The molecule has 1 atom stereocenters. The Morgan fingerprint density at radius 1 is 1.14 bits per heavy atom. The maximum absolute atomic E-state index is 13.7. The van der Waals surface area contributed by atoms with E-state index >= 15 is 0 Å². The lowest BCUT2D eigenvalue weighted by Gasteiger charge is -2.41. The van der Waals surface area contributed by atoms with Gasteiger partial charge >= 0.3 is 6.18 Å². The van der Waals surface area contributed by atoms with Crippen molar-refractivity contribution in [3.63, 3.8) is 0 Å². The Bertz CT molecular complexity index is 538. The summed E-state index contributed by atoms with van der Waals surface area (Å²) in [5.74, 6) is -0.515. The highest BCUT2D eigenvalue weighted by atomic mass is 19.4. The Labute approximate surface area is 127 Å². The van der Waals surface area contributed by atoms with Gasteiger partial charge in [0.25, 0.3) is 5.91 Å². The van der Waals surface area contributed by atoms with Gasteiger partial charge in [-0.05, 0) is 44.5 Å². The molecule has 22 heavy (non-hydrogen) atoms. The van der Waals surface area contributed by atoms with Crippen LogP contribution in [0, 0.1) is 5.41 Å². The van der Waals surface area contributed by atoms with Crippen molar-refractivity contribution in [2.45, 2.75) is 31.5 Å². The van der Waals surface area contributed by atoms with E-state index < -0.39 is 23.5 Å². The van der Waals surface area contributed by atoms with Gasteiger partial charge in [-0.3, -0.25) is 4.79 Å². The summed E-state index contributed by atoms with van der Waals surface area (Å²) in [5, 5.41) is 3.11. The van der Waals surface area contributed by atoms with Gasteiger partial charge in [0.15, 0.2) is 0 Å². The third-order valence-electron chi connectivity index (χ3n) is 4.93. The van der Waals surface area contributed by atoms with Crippen LogP contribution in [0.4, 0.5) is 13.2 Å². The van der Waals surface area contributed by atoms with Crippen molar-refractivity contribution in [1.29, 1.82) is 0 Å². The van der Waals surface area contributed by atoms with Crippen LogP contribution in [0.2, 0.25) is 0 Å². The molecule has 2 aliphatic heterocycles. The van der Waals surface area contributed by atoms with Crippen LogP contribution in [0.1, 0.15) is 29.6 Å². The van der Waals surface area contributed by atoms with Crippen LogP contribution in [0.3, 0.4) is 0 Å². The fraction of sp³-hybridized carbons (Fsp3) is 0.562. The van der Waals surface area contributed by atoms with E-state index in [1.165, 1.54) is 0 Å². The van der Waals surface area contributed by atoms with Crippen LogP contribution in [0.15, 0.2) is 30.3 Å². The molecular formula is C16H19F3N2O. The summed E-state index contributed by atoms with van der Waals surface area (Å²) in [4.78, 5) is 13.6. The molecule has 2 fully saturated rings. The van der Waals surface area contributed by atoms with Crippen molar-refractivity contribution in [1.82, 2.24) is 10.2 Å². The van der Waals surface area contributed by atoms with Gasteiger partial charge in [-0.2, -0.15) is 13.2 Å². The van der Waals surface area contributed by atoms with Gasteiger partial charge in [-0.1, -0.05) is 18.2 Å². The largest absolute Gasteiger partial charge is 0.409 e. The van der Waals surface area contributed by atoms with Gasteiger partial charge in [0.1, 0.15) is 6.04 Å². The fourth-order valence-corrected chi connectivity index (χ4v) is 3.88. The van der Waals surface area contributed by atoms with Crippen LogP contribution in [-0.2, 0) is 0 Å². The SMILES string of the molecule is O=C(c1ccccc1)N1CCC2(CCNCC2)C1C(F)(F)F. The zero-order valence-electron chi connectivity index (χ0n) is 12.2. The quantitative estimate of drug-likeness (QED) is 0.865. The number of carbonyl (C=O) groups is 1. The zero-order valence-corrected chi connectivity index (χ0v) is 12.2. The highest BCUT2D eigenvalue weighted by molar-refractivity contribution is 5.94. The lowest BCUT2D eigenvalue weighted by Crippen LogP contribution is -2.54. The van der Waals surface area contributed by atoms with Crippen molar-refractivity contribution >= 4 is 5.91 Å². The van der Waals surface area contributed by atoms with E-state index in [1.807, 2.05) is 0 Å². The molecule has 0 aliphatic carbocycles. The molecular weight excluding hydrogens is 293 g/mol. The minimum Gasteiger partial charge on any atom is -0.326 e. The zero-order chi connectivity index (χ0) is 15.8. The van der Waals surface area contributed by atoms with Gasteiger partial charge < -0.3 is 10.2 Å². The Kier molecular flexibility index (Phi) is 3.89. The fourth-order valence-electron chi connectivity index (χ4n) is 3.88. The lowest BCUT2D eigenvalue weighted by atomic mass is 9.72. The maximum Gasteiger partial charge on any atom is 0.409 e. The first-order chi connectivity index (χ1) is 10.4. The molecule has 1 spiro atoms. The topological polar surface area (TPSA) is 32.3 Å². The summed E-state index contributed by atoms with van der Waals surface area (Å²) in [5.41, 5.74) is -0.503. The molecule has 2 saturated heterocycles. The standard InChI is InChI=1S/C16H19F3N2O/c17-16(18,19)14-15(6-9-20-10-7-15)8-11-21(14)13(22)12-4-2-1-3-5-12/h1-5,14,20H,6-11H2. The van der Waals surface area contributed by atoms with Crippen LogP contribution >= 0.6 is 0 Å². The molecule has 3 nitrogen and oxygen atoms in total. The van der Waals surface area contributed by atoms with Crippen molar-refractivity contribution in [3.05, 3.63) is 35.9 Å². The number of hydrogen-bond donors (Lipinski definition) is 1.